The number of ether oxygens (including phenoxy) is 1. The van der Waals surface area contributed by atoms with Crippen LogP contribution in [-0.4, -0.2) is 13.7 Å². The van der Waals surface area contributed by atoms with Crippen molar-refractivity contribution in [2.45, 2.75) is 6.42 Å². The molecule has 0 saturated carbocycles. The second-order valence-corrected chi connectivity index (χ2v) is 3.71. The number of fused-ring (bicyclic) bond motifs is 1. The molecule has 0 amide bonds. The van der Waals surface area contributed by atoms with Gasteiger partial charge in [0.1, 0.15) is 0 Å². The second-order valence-electron chi connectivity index (χ2n) is 3.34. The fourth-order valence-corrected chi connectivity index (χ4v) is 1.93. The number of halogens is 1. The first-order chi connectivity index (χ1) is 7.77. The zero-order valence-electron chi connectivity index (χ0n) is 8.83. The summed E-state index contributed by atoms with van der Waals surface area (Å²) in [5.41, 5.74) is 1.59. The molecule has 1 heterocycles. The fourth-order valence-electron chi connectivity index (χ4n) is 1.64. The minimum atomic E-state index is 0.409. The van der Waals surface area contributed by atoms with E-state index in [4.69, 9.17) is 26.7 Å². The van der Waals surface area contributed by atoms with Gasteiger partial charge in [0.25, 0.3) is 0 Å². The van der Waals surface area contributed by atoms with Gasteiger partial charge in [0, 0.05) is 5.39 Å². The van der Waals surface area contributed by atoms with Gasteiger partial charge in [-0.25, -0.2) is 5.90 Å². The first-order valence-electron chi connectivity index (χ1n) is 4.82. The summed E-state index contributed by atoms with van der Waals surface area (Å²) in [6.45, 7) is 0.409. The third-order valence-corrected chi connectivity index (χ3v) is 2.87. The number of hydrogen-bond acceptors (Lipinski definition) is 4. The minimum Gasteiger partial charge on any atom is -0.493 e. The molecule has 0 fully saturated rings. The summed E-state index contributed by atoms with van der Waals surface area (Å²) in [5, 5.41) is 1.50. The molecule has 4 nitrogen and oxygen atoms in total. The second kappa shape index (κ2) is 4.74. The third-order valence-electron chi connectivity index (χ3n) is 2.42. The van der Waals surface area contributed by atoms with Crippen LogP contribution in [0, 0.1) is 0 Å². The molecule has 0 bridgehead atoms. The maximum absolute atomic E-state index is 6.24. The largest absolute Gasteiger partial charge is 0.493 e. The summed E-state index contributed by atoms with van der Waals surface area (Å²) >= 11 is 6.24. The van der Waals surface area contributed by atoms with Crippen LogP contribution in [0.3, 0.4) is 0 Å². The molecule has 86 valence electrons. The molecule has 5 heteroatoms. The molecule has 2 rings (SSSR count). The van der Waals surface area contributed by atoms with Gasteiger partial charge in [-0.3, -0.25) is 0 Å². The summed E-state index contributed by atoms with van der Waals surface area (Å²) in [7, 11) is 1.59. The van der Waals surface area contributed by atoms with Gasteiger partial charge in [-0.05, 0) is 24.1 Å². The van der Waals surface area contributed by atoms with Crippen molar-refractivity contribution in [1.29, 1.82) is 0 Å². The monoisotopic (exact) mass is 241 g/mol. The van der Waals surface area contributed by atoms with Crippen molar-refractivity contribution in [1.82, 2.24) is 0 Å². The summed E-state index contributed by atoms with van der Waals surface area (Å²) in [6, 6.07) is 3.65. The first kappa shape index (κ1) is 11.3. The molecule has 0 aliphatic carbocycles. The van der Waals surface area contributed by atoms with E-state index >= 15 is 0 Å². The van der Waals surface area contributed by atoms with Crippen LogP contribution in [0.15, 0.2) is 22.8 Å². The molecule has 2 N–H and O–H groups in total. The predicted molar refractivity (Wildman–Crippen MR) is 61.6 cm³/mol. The number of rotatable bonds is 4. The Morgan fingerprint density at radius 3 is 3.00 bits per heavy atom. The van der Waals surface area contributed by atoms with Crippen molar-refractivity contribution in [2.24, 2.45) is 5.90 Å². The van der Waals surface area contributed by atoms with Gasteiger partial charge in [-0.2, -0.15) is 0 Å². The van der Waals surface area contributed by atoms with Crippen LogP contribution < -0.4 is 10.6 Å². The molecule has 2 aromatic rings. The quantitative estimate of drug-likeness (QED) is 0.836. The summed E-state index contributed by atoms with van der Waals surface area (Å²) in [5.74, 6) is 5.66. The number of benzene rings is 1. The van der Waals surface area contributed by atoms with Crippen LogP contribution in [0.4, 0.5) is 0 Å². The van der Waals surface area contributed by atoms with E-state index in [9.17, 15) is 0 Å². The summed E-state index contributed by atoms with van der Waals surface area (Å²) < 4.78 is 10.6. The van der Waals surface area contributed by atoms with E-state index < -0.39 is 0 Å². The van der Waals surface area contributed by atoms with Crippen LogP contribution in [-0.2, 0) is 11.3 Å². The molecular weight excluding hydrogens is 230 g/mol. The van der Waals surface area contributed by atoms with Gasteiger partial charge >= 0.3 is 0 Å². The molecule has 0 unspecified atom stereocenters. The predicted octanol–water partition coefficient (Wildman–Crippen LogP) is 2.53. The lowest BCUT2D eigenvalue weighted by Gasteiger charge is -2.08. The highest BCUT2D eigenvalue weighted by Crippen LogP contribution is 2.35. The Balaban J connectivity index is 2.52. The van der Waals surface area contributed by atoms with Gasteiger partial charge in [-0.15, -0.1) is 0 Å². The highest BCUT2D eigenvalue weighted by molar-refractivity contribution is 6.36. The molecule has 0 aliphatic rings. The lowest BCUT2D eigenvalue weighted by atomic mass is 10.1. The topological polar surface area (TPSA) is 57.6 Å². The van der Waals surface area contributed by atoms with Crippen molar-refractivity contribution in [3.63, 3.8) is 0 Å². The van der Waals surface area contributed by atoms with Crippen LogP contribution >= 0.6 is 11.6 Å². The van der Waals surface area contributed by atoms with Crippen LogP contribution in [0.25, 0.3) is 11.0 Å². The van der Waals surface area contributed by atoms with Gasteiger partial charge in [0.2, 0.25) is 0 Å². The Hall–Kier alpha value is -1.23. The Morgan fingerprint density at radius 2 is 2.31 bits per heavy atom. The third kappa shape index (κ3) is 1.87. The van der Waals surface area contributed by atoms with E-state index in [-0.39, 0.29) is 0 Å². The van der Waals surface area contributed by atoms with E-state index in [1.807, 2.05) is 12.1 Å². The summed E-state index contributed by atoms with van der Waals surface area (Å²) in [4.78, 5) is 4.54. The van der Waals surface area contributed by atoms with E-state index in [0.29, 0.717) is 29.4 Å². The van der Waals surface area contributed by atoms with Crippen LogP contribution in [0.1, 0.15) is 5.56 Å². The average molecular weight is 242 g/mol. The zero-order valence-corrected chi connectivity index (χ0v) is 9.58. The fraction of sp³-hybridized carbons (Fsp3) is 0.273. The Morgan fingerprint density at radius 1 is 1.50 bits per heavy atom. The van der Waals surface area contributed by atoms with E-state index in [1.54, 1.807) is 13.4 Å². The maximum Gasteiger partial charge on any atom is 0.177 e. The molecule has 1 aromatic heterocycles. The number of nitrogens with two attached hydrogens (primary N) is 1. The molecule has 0 saturated heterocycles. The molecule has 0 atom stereocenters. The highest BCUT2D eigenvalue weighted by atomic mass is 35.5. The van der Waals surface area contributed by atoms with E-state index in [0.717, 1.165) is 10.9 Å². The highest BCUT2D eigenvalue weighted by Gasteiger charge is 2.13. The first-order valence-corrected chi connectivity index (χ1v) is 5.20. The van der Waals surface area contributed by atoms with Gasteiger partial charge < -0.3 is 14.0 Å². The Kier molecular flexibility index (Phi) is 3.33. The molecule has 0 radical (unpaired) electrons. The number of hydrogen-bond donors (Lipinski definition) is 1. The SMILES string of the molecule is COc1cc(CCON)c(Cl)c2ccoc12. The van der Waals surface area contributed by atoms with E-state index in [1.165, 1.54) is 0 Å². The number of methoxy groups -OCH3 is 1. The molecule has 1 aromatic carbocycles. The average Bonchev–Trinajstić information content (AvgIpc) is 2.78. The van der Waals surface area contributed by atoms with Crippen LogP contribution in [0.2, 0.25) is 5.02 Å². The minimum absolute atomic E-state index is 0.409. The zero-order chi connectivity index (χ0) is 11.5. The maximum atomic E-state index is 6.24. The van der Waals surface area contributed by atoms with Crippen molar-refractivity contribution in [3.05, 3.63) is 29.0 Å². The molecule has 0 spiro atoms. The molecular formula is C11H12ClNO3. The Bertz CT molecular complexity index is 495. The lowest BCUT2D eigenvalue weighted by molar-refractivity contribution is 0.141. The standard InChI is InChI=1S/C11H12ClNO3/c1-14-9-6-7(2-5-16-13)10(12)8-3-4-15-11(8)9/h3-4,6H,2,5,13H2,1H3. The van der Waals surface area contributed by atoms with Gasteiger partial charge in [0.15, 0.2) is 11.3 Å². The lowest BCUT2D eigenvalue weighted by Crippen LogP contribution is -2.04. The smallest absolute Gasteiger partial charge is 0.177 e. The number of furan rings is 1. The van der Waals surface area contributed by atoms with Crippen molar-refractivity contribution >= 4 is 22.6 Å². The van der Waals surface area contributed by atoms with Crippen molar-refractivity contribution < 1.29 is 14.0 Å². The van der Waals surface area contributed by atoms with Gasteiger partial charge in [0.05, 0.1) is 25.0 Å². The molecule has 0 aliphatic heterocycles. The van der Waals surface area contributed by atoms with Crippen LogP contribution in [0.5, 0.6) is 5.75 Å². The Labute approximate surface area is 97.8 Å². The normalized spacial score (nSPS) is 10.9. The van der Waals surface area contributed by atoms with Crippen molar-refractivity contribution in [2.75, 3.05) is 13.7 Å². The van der Waals surface area contributed by atoms with Crippen molar-refractivity contribution in [3.8, 4) is 5.75 Å². The molecule has 16 heavy (non-hydrogen) atoms. The van der Waals surface area contributed by atoms with E-state index in [2.05, 4.69) is 4.84 Å². The van der Waals surface area contributed by atoms with Gasteiger partial charge in [-0.1, -0.05) is 11.6 Å². The summed E-state index contributed by atoms with van der Waals surface area (Å²) in [6.07, 6.45) is 2.22.